The van der Waals surface area contributed by atoms with Crippen LogP contribution in [0.5, 0.6) is 0 Å². The first-order chi connectivity index (χ1) is 15.3. The number of rotatable bonds is 6. The summed E-state index contributed by atoms with van der Waals surface area (Å²) in [5.74, 6) is 0.547. The molecule has 1 aromatic heterocycles. The second-order valence-corrected chi connectivity index (χ2v) is 9.66. The third kappa shape index (κ3) is 4.89. The normalized spacial score (nSPS) is 15.1. The van der Waals surface area contributed by atoms with E-state index in [0.717, 1.165) is 5.56 Å². The Labute approximate surface area is 186 Å². The second kappa shape index (κ2) is 9.22. The van der Waals surface area contributed by atoms with Crippen molar-refractivity contribution in [3.8, 4) is 11.3 Å². The largest absolute Gasteiger partial charge is 0.441 e. The van der Waals surface area contributed by atoms with Gasteiger partial charge in [0.2, 0.25) is 15.9 Å². The van der Waals surface area contributed by atoms with Gasteiger partial charge in [0.1, 0.15) is 5.82 Å². The third-order valence-electron chi connectivity index (χ3n) is 5.49. The van der Waals surface area contributed by atoms with Crippen LogP contribution in [0, 0.1) is 12.7 Å². The Morgan fingerprint density at radius 3 is 2.34 bits per heavy atom. The molecule has 0 unspecified atom stereocenters. The first kappa shape index (κ1) is 22.2. The number of amides is 1. The van der Waals surface area contributed by atoms with Crippen molar-refractivity contribution in [1.82, 2.24) is 14.2 Å². The van der Waals surface area contributed by atoms with Crippen LogP contribution in [0.15, 0.2) is 64.0 Å². The van der Waals surface area contributed by atoms with Crippen LogP contribution in [0.3, 0.4) is 0 Å². The molecule has 1 saturated heterocycles. The monoisotopic (exact) mass is 457 g/mol. The van der Waals surface area contributed by atoms with Crippen molar-refractivity contribution in [2.75, 3.05) is 26.2 Å². The molecule has 3 aromatic rings. The molecule has 9 heteroatoms. The molecule has 0 spiro atoms. The standard InChI is InChI=1S/C23H24FN3O4S/c1-17-2-8-20(9-3-17)32(29,30)27-14-12-26(13-15-27)23(28)11-10-22-25-16-21(31-22)18-4-6-19(24)7-5-18/h2-9,16H,10-15H2,1H3. The lowest BCUT2D eigenvalue weighted by Crippen LogP contribution is -2.50. The van der Waals surface area contributed by atoms with Gasteiger partial charge in [-0.25, -0.2) is 17.8 Å². The summed E-state index contributed by atoms with van der Waals surface area (Å²) in [6.07, 6.45) is 2.11. The highest BCUT2D eigenvalue weighted by Gasteiger charge is 2.30. The minimum atomic E-state index is -3.56. The van der Waals surface area contributed by atoms with Crippen LogP contribution < -0.4 is 0 Å². The van der Waals surface area contributed by atoms with Crippen LogP contribution in [-0.4, -0.2) is 54.7 Å². The second-order valence-electron chi connectivity index (χ2n) is 7.72. The predicted octanol–water partition coefficient (Wildman–Crippen LogP) is 3.25. The topological polar surface area (TPSA) is 83.7 Å². The number of aromatic nitrogens is 1. The van der Waals surface area contributed by atoms with E-state index in [9.17, 15) is 17.6 Å². The van der Waals surface area contributed by atoms with Gasteiger partial charge < -0.3 is 9.32 Å². The molecule has 0 bridgehead atoms. The van der Waals surface area contributed by atoms with Gasteiger partial charge in [0.05, 0.1) is 11.1 Å². The van der Waals surface area contributed by atoms with Gasteiger partial charge in [-0.1, -0.05) is 17.7 Å². The smallest absolute Gasteiger partial charge is 0.243 e. The third-order valence-corrected chi connectivity index (χ3v) is 7.40. The number of carbonyl (C=O) groups excluding carboxylic acids is 1. The molecule has 1 aliphatic heterocycles. The molecule has 0 aliphatic carbocycles. The quantitative estimate of drug-likeness (QED) is 0.567. The van der Waals surface area contributed by atoms with Gasteiger partial charge in [0.25, 0.3) is 0 Å². The predicted molar refractivity (Wildman–Crippen MR) is 117 cm³/mol. The molecule has 168 valence electrons. The molecule has 0 radical (unpaired) electrons. The summed E-state index contributed by atoms with van der Waals surface area (Å²) in [7, 11) is -3.56. The average Bonchev–Trinajstić information content (AvgIpc) is 3.27. The van der Waals surface area contributed by atoms with Crippen molar-refractivity contribution in [3.63, 3.8) is 0 Å². The van der Waals surface area contributed by atoms with Crippen molar-refractivity contribution in [1.29, 1.82) is 0 Å². The number of aryl methyl sites for hydroxylation is 2. The van der Waals surface area contributed by atoms with Crippen molar-refractivity contribution >= 4 is 15.9 Å². The number of sulfonamides is 1. The minimum Gasteiger partial charge on any atom is -0.441 e. The molecule has 1 aliphatic rings. The van der Waals surface area contributed by atoms with E-state index in [2.05, 4.69) is 4.98 Å². The molecular formula is C23H24FN3O4S. The number of halogens is 1. The maximum Gasteiger partial charge on any atom is 0.243 e. The summed E-state index contributed by atoms with van der Waals surface area (Å²) in [6.45, 7) is 3.11. The van der Waals surface area contributed by atoms with E-state index in [-0.39, 0.29) is 36.1 Å². The van der Waals surface area contributed by atoms with E-state index in [1.807, 2.05) is 6.92 Å². The lowest BCUT2D eigenvalue weighted by molar-refractivity contribution is -0.132. The van der Waals surface area contributed by atoms with Gasteiger partial charge >= 0.3 is 0 Å². The summed E-state index contributed by atoms with van der Waals surface area (Å²) < 4.78 is 45.8. The molecule has 2 aromatic carbocycles. The average molecular weight is 458 g/mol. The fourth-order valence-corrected chi connectivity index (χ4v) is 5.00. The zero-order valence-electron chi connectivity index (χ0n) is 17.7. The van der Waals surface area contributed by atoms with E-state index < -0.39 is 10.0 Å². The fourth-order valence-electron chi connectivity index (χ4n) is 3.58. The number of oxazole rings is 1. The zero-order valence-corrected chi connectivity index (χ0v) is 18.5. The van der Waals surface area contributed by atoms with E-state index >= 15 is 0 Å². The lowest BCUT2D eigenvalue weighted by Gasteiger charge is -2.34. The summed E-state index contributed by atoms with van der Waals surface area (Å²) in [6, 6.07) is 12.7. The molecule has 0 atom stereocenters. The Balaban J connectivity index is 1.29. The number of benzene rings is 2. The molecule has 4 rings (SSSR count). The number of nitrogens with zero attached hydrogens (tertiary/aromatic N) is 3. The number of carbonyl (C=O) groups is 1. The summed E-state index contributed by atoms with van der Waals surface area (Å²) >= 11 is 0. The molecule has 2 heterocycles. The van der Waals surface area contributed by atoms with Crippen LogP contribution >= 0.6 is 0 Å². The van der Waals surface area contributed by atoms with Crippen LogP contribution in [0.4, 0.5) is 4.39 Å². The van der Waals surface area contributed by atoms with Crippen molar-refractivity contribution < 1.29 is 22.0 Å². The van der Waals surface area contributed by atoms with Crippen LogP contribution in [0.1, 0.15) is 17.9 Å². The molecular weight excluding hydrogens is 433 g/mol. The molecule has 1 fully saturated rings. The van der Waals surface area contributed by atoms with Crippen LogP contribution in [0.25, 0.3) is 11.3 Å². The first-order valence-electron chi connectivity index (χ1n) is 10.4. The summed E-state index contributed by atoms with van der Waals surface area (Å²) in [4.78, 5) is 18.7. The Morgan fingerprint density at radius 2 is 1.69 bits per heavy atom. The molecule has 1 amide bonds. The van der Waals surface area contributed by atoms with Gasteiger partial charge in [0, 0.05) is 44.6 Å². The Morgan fingerprint density at radius 1 is 1.03 bits per heavy atom. The zero-order chi connectivity index (χ0) is 22.7. The summed E-state index contributed by atoms with van der Waals surface area (Å²) in [5.41, 5.74) is 1.71. The Bertz CT molecular complexity index is 1180. The number of hydrogen-bond donors (Lipinski definition) is 0. The van der Waals surface area contributed by atoms with E-state index in [4.69, 9.17) is 4.42 Å². The Hall–Kier alpha value is -3.04. The summed E-state index contributed by atoms with van der Waals surface area (Å²) in [5, 5.41) is 0. The highest BCUT2D eigenvalue weighted by molar-refractivity contribution is 7.89. The SMILES string of the molecule is Cc1ccc(S(=O)(=O)N2CCN(C(=O)CCc3ncc(-c4ccc(F)cc4)o3)CC2)cc1. The van der Waals surface area contributed by atoms with E-state index in [1.54, 1.807) is 47.5 Å². The molecule has 32 heavy (non-hydrogen) atoms. The molecule has 7 nitrogen and oxygen atoms in total. The van der Waals surface area contributed by atoms with Gasteiger partial charge in [-0.2, -0.15) is 4.31 Å². The first-order valence-corrected chi connectivity index (χ1v) is 11.8. The molecule has 0 saturated carbocycles. The van der Waals surface area contributed by atoms with Gasteiger partial charge in [0.15, 0.2) is 11.7 Å². The highest BCUT2D eigenvalue weighted by atomic mass is 32.2. The number of piperazine rings is 1. The maximum atomic E-state index is 13.1. The fraction of sp³-hybridized carbons (Fsp3) is 0.304. The van der Waals surface area contributed by atoms with Crippen molar-refractivity contribution in [3.05, 3.63) is 72.0 Å². The van der Waals surface area contributed by atoms with Gasteiger partial charge in [-0.05, 0) is 43.3 Å². The number of hydrogen-bond acceptors (Lipinski definition) is 5. The van der Waals surface area contributed by atoms with Crippen LogP contribution in [-0.2, 0) is 21.2 Å². The minimum absolute atomic E-state index is 0.0704. The lowest BCUT2D eigenvalue weighted by atomic mass is 10.2. The van der Waals surface area contributed by atoms with Crippen molar-refractivity contribution in [2.24, 2.45) is 0 Å². The Kier molecular flexibility index (Phi) is 6.38. The highest BCUT2D eigenvalue weighted by Crippen LogP contribution is 2.22. The maximum absolute atomic E-state index is 13.1. The van der Waals surface area contributed by atoms with E-state index in [0.29, 0.717) is 36.7 Å². The molecule has 0 N–H and O–H groups in total. The van der Waals surface area contributed by atoms with E-state index in [1.165, 1.54) is 16.4 Å². The van der Waals surface area contributed by atoms with Gasteiger partial charge in [-0.3, -0.25) is 4.79 Å². The van der Waals surface area contributed by atoms with Crippen molar-refractivity contribution in [2.45, 2.75) is 24.7 Å². The van der Waals surface area contributed by atoms with Crippen LogP contribution in [0.2, 0.25) is 0 Å². The van der Waals surface area contributed by atoms with Gasteiger partial charge in [-0.15, -0.1) is 0 Å².